The van der Waals surface area contributed by atoms with Crippen molar-refractivity contribution < 1.29 is 4.79 Å². The molecule has 0 N–H and O–H groups in total. The number of thiophene rings is 1. The maximum atomic E-state index is 12.3. The fourth-order valence-corrected chi connectivity index (χ4v) is 3.70. The van der Waals surface area contributed by atoms with E-state index in [0.29, 0.717) is 12.3 Å². The maximum absolute atomic E-state index is 12.3. The lowest BCUT2D eigenvalue weighted by Crippen LogP contribution is -2.39. The fourth-order valence-electron chi connectivity index (χ4n) is 3.01. The predicted molar refractivity (Wildman–Crippen MR) is 84.5 cm³/mol. The Balaban J connectivity index is 1.56. The highest BCUT2D eigenvalue weighted by atomic mass is 32.1. The molecule has 0 aliphatic carbocycles. The Morgan fingerprint density at radius 3 is 2.90 bits per heavy atom. The number of rotatable bonds is 4. The Hall–Kier alpha value is -1.62. The summed E-state index contributed by atoms with van der Waals surface area (Å²) in [6.07, 6.45) is 6.52. The van der Waals surface area contributed by atoms with E-state index in [0.717, 1.165) is 37.4 Å². The van der Waals surface area contributed by atoms with Crippen molar-refractivity contribution in [3.8, 4) is 0 Å². The molecule has 21 heavy (non-hydrogen) atoms. The summed E-state index contributed by atoms with van der Waals surface area (Å²) in [5.41, 5.74) is 0. The molecule has 5 heteroatoms. The van der Waals surface area contributed by atoms with Gasteiger partial charge in [0.1, 0.15) is 5.82 Å². The second-order valence-corrected chi connectivity index (χ2v) is 6.51. The molecule has 2 aromatic rings. The van der Waals surface area contributed by atoms with Gasteiger partial charge in [0.2, 0.25) is 5.91 Å². The van der Waals surface area contributed by atoms with Crippen LogP contribution in [0.4, 0.5) is 0 Å². The van der Waals surface area contributed by atoms with Crippen LogP contribution in [-0.2, 0) is 17.8 Å². The summed E-state index contributed by atoms with van der Waals surface area (Å²) >= 11 is 1.66. The molecule has 3 heterocycles. The van der Waals surface area contributed by atoms with E-state index in [1.807, 2.05) is 34.8 Å². The van der Waals surface area contributed by atoms with Crippen LogP contribution in [0, 0.1) is 0 Å². The zero-order chi connectivity index (χ0) is 14.7. The highest BCUT2D eigenvalue weighted by molar-refractivity contribution is 7.10. The molecular formula is C16H21N3OS. The van der Waals surface area contributed by atoms with Crippen molar-refractivity contribution in [1.29, 1.82) is 0 Å². The number of hydrogen-bond donors (Lipinski definition) is 0. The molecule has 0 spiro atoms. The van der Waals surface area contributed by atoms with Gasteiger partial charge in [0, 0.05) is 42.8 Å². The lowest BCUT2D eigenvalue weighted by molar-refractivity contribution is -0.131. The van der Waals surface area contributed by atoms with Gasteiger partial charge >= 0.3 is 0 Å². The number of carbonyl (C=O) groups excluding carboxylic acids is 1. The number of piperidine rings is 1. The van der Waals surface area contributed by atoms with Gasteiger partial charge in [0.15, 0.2) is 0 Å². The number of likely N-dealkylation sites (tertiary alicyclic amines) is 1. The summed E-state index contributed by atoms with van der Waals surface area (Å²) < 4.78 is 2.22. The lowest BCUT2D eigenvalue weighted by atomic mass is 9.95. The first kappa shape index (κ1) is 14.3. The van der Waals surface area contributed by atoms with Crippen LogP contribution in [0.5, 0.6) is 0 Å². The molecule has 1 aliphatic rings. The van der Waals surface area contributed by atoms with Crippen molar-refractivity contribution >= 4 is 17.2 Å². The van der Waals surface area contributed by atoms with Gasteiger partial charge in [-0.05, 0) is 31.2 Å². The Bertz CT molecular complexity index is 582. The number of imidazole rings is 1. The van der Waals surface area contributed by atoms with Crippen molar-refractivity contribution in [2.24, 2.45) is 0 Å². The van der Waals surface area contributed by atoms with E-state index in [9.17, 15) is 4.79 Å². The zero-order valence-corrected chi connectivity index (χ0v) is 13.2. The fraction of sp³-hybridized carbons (Fsp3) is 0.500. The Morgan fingerprint density at radius 1 is 1.43 bits per heavy atom. The number of aromatic nitrogens is 2. The molecular weight excluding hydrogens is 282 g/mol. The molecule has 4 nitrogen and oxygen atoms in total. The summed E-state index contributed by atoms with van der Waals surface area (Å²) in [6, 6.07) is 4.04. The van der Waals surface area contributed by atoms with Gasteiger partial charge in [-0.3, -0.25) is 4.79 Å². The molecule has 112 valence electrons. The normalized spacial score (nSPS) is 16.3. The highest BCUT2D eigenvalue weighted by Crippen LogP contribution is 2.27. The van der Waals surface area contributed by atoms with Crippen LogP contribution in [-0.4, -0.2) is 33.4 Å². The van der Waals surface area contributed by atoms with Gasteiger partial charge in [0.05, 0.1) is 6.42 Å². The largest absolute Gasteiger partial charge is 0.342 e. The smallest absolute Gasteiger partial charge is 0.227 e. The molecule has 3 rings (SSSR count). The molecule has 0 aromatic carbocycles. The van der Waals surface area contributed by atoms with E-state index < -0.39 is 0 Å². The molecule has 1 fully saturated rings. The minimum atomic E-state index is 0.259. The molecule has 0 atom stereocenters. The topological polar surface area (TPSA) is 38.1 Å². The van der Waals surface area contributed by atoms with Crippen molar-refractivity contribution in [2.75, 3.05) is 13.1 Å². The van der Waals surface area contributed by atoms with Crippen molar-refractivity contribution in [1.82, 2.24) is 14.5 Å². The van der Waals surface area contributed by atoms with Gasteiger partial charge in [-0.15, -0.1) is 11.3 Å². The third-order valence-corrected chi connectivity index (χ3v) is 5.08. The Morgan fingerprint density at radius 2 is 2.24 bits per heavy atom. The predicted octanol–water partition coefficient (Wildman–Crippen LogP) is 2.91. The van der Waals surface area contributed by atoms with E-state index in [-0.39, 0.29) is 5.91 Å². The van der Waals surface area contributed by atoms with E-state index in [1.165, 1.54) is 5.82 Å². The summed E-state index contributed by atoms with van der Waals surface area (Å²) in [5, 5.41) is 2.03. The molecule has 2 aromatic heterocycles. The number of amides is 1. The number of carbonyl (C=O) groups is 1. The standard InChI is InChI=1S/C16H21N3OS/c1-2-18-10-7-17-16(18)13-5-8-19(9-6-13)15(20)12-14-4-3-11-21-14/h3-4,7,10-11,13H,2,5-6,8-9,12H2,1H3. The van der Waals surface area contributed by atoms with Crippen LogP contribution in [0.2, 0.25) is 0 Å². The number of hydrogen-bond acceptors (Lipinski definition) is 3. The van der Waals surface area contributed by atoms with Crippen molar-refractivity contribution in [2.45, 2.75) is 38.6 Å². The van der Waals surface area contributed by atoms with E-state index in [4.69, 9.17) is 0 Å². The number of aryl methyl sites for hydroxylation is 1. The third kappa shape index (κ3) is 3.18. The average Bonchev–Trinajstić information content (AvgIpc) is 3.18. The second kappa shape index (κ2) is 6.43. The monoisotopic (exact) mass is 303 g/mol. The zero-order valence-electron chi connectivity index (χ0n) is 12.4. The van der Waals surface area contributed by atoms with Crippen LogP contribution in [0.3, 0.4) is 0 Å². The summed E-state index contributed by atoms with van der Waals surface area (Å²) in [5.74, 6) is 1.93. The average molecular weight is 303 g/mol. The van der Waals surface area contributed by atoms with E-state index >= 15 is 0 Å². The Labute approximate surface area is 129 Å². The Kier molecular flexibility index (Phi) is 4.39. The molecule has 0 unspecified atom stereocenters. The van der Waals surface area contributed by atoms with Crippen LogP contribution < -0.4 is 0 Å². The summed E-state index contributed by atoms with van der Waals surface area (Å²) in [4.78, 5) is 20.0. The molecule has 0 bridgehead atoms. The quantitative estimate of drug-likeness (QED) is 0.871. The first-order valence-corrected chi connectivity index (χ1v) is 8.47. The van der Waals surface area contributed by atoms with Crippen molar-refractivity contribution in [3.63, 3.8) is 0 Å². The minimum Gasteiger partial charge on any atom is -0.342 e. The van der Waals surface area contributed by atoms with Crippen LogP contribution in [0.1, 0.15) is 36.4 Å². The van der Waals surface area contributed by atoms with Gasteiger partial charge in [-0.2, -0.15) is 0 Å². The van der Waals surface area contributed by atoms with Crippen LogP contribution >= 0.6 is 11.3 Å². The molecule has 1 saturated heterocycles. The summed E-state index contributed by atoms with van der Waals surface area (Å²) in [7, 11) is 0. The second-order valence-electron chi connectivity index (χ2n) is 5.48. The van der Waals surface area contributed by atoms with Crippen molar-refractivity contribution in [3.05, 3.63) is 40.6 Å². The lowest BCUT2D eigenvalue weighted by Gasteiger charge is -2.32. The third-order valence-electron chi connectivity index (χ3n) is 4.21. The van der Waals surface area contributed by atoms with Gasteiger partial charge < -0.3 is 9.47 Å². The van der Waals surface area contributed by atoms with Crippen LogP contribution in [0.25, 0.3) is 0 Å². The van der Waals surface area contributed by atoms with Gasteiger partial charge in [-0.1, -0.05) is 6.07 Å². The van der Waals surface area contributed by atoms with Gasteiger partial charge in [0.25, 0.3) is 0 Å². The van der Waals surface area contributed by atoms with E-state index in [1.54, 1.807) is 11.3 Å². The molecule has 0 saturated carbocycles. The van der Waals surface area contributed by atoms with E-state index in [2.05, 4.69) is 16.5 Å². The molecule has 1 aliphatic heterocycles. The molecule has 1 amide bonds. The maximum Gasteiger partial charge on any atom is 0.227 e. The SMILES string of the molecule is CCn1ccnc1C1CCN(C(=O)Cc2cccs2)CC1. The summed E-state index contributed by atoms with van der Waals surface area (Å²) in [6.45, 7) is 4.81. The first-order chi connectivity index (χ1) is 10.3. The minimum absolute atomic E-state index is 0.259. The first-order valence-electron chi connectivity index (χ1n) is 7.59. The molecule has 0 radical (unpaired) electrons. The van der Waals surface area contributed by atoms with Gasteiger partial charge in [-0.25, -0.2) is 4.98 Å². The highest BCUT2D eigenvalue weighted by Gasteiger charge is 2.26. The number of nitrogens with zero attached hydrogens (tertiary/aromatic N) is 3. The van der Waals surface area contributed by atoms with Crippen LogP contribution in [0.15, 0.2) is 29.9 Å².